The van der Waals surface area contributed by atoms with Gasteiger partial charge in [-0.3, -0.25) is 14.7 Å². The van der Waals surface area contributed by atoms with Crippen LogP contribution in [-0.4, -0.2) is 40.7 Å². The fraction of sp³-hybridized carbons (Fsp3) is 0.375. The molecule has 3 rings (SSSR count). The minimum atomic E-state index is -0.306. The van der Waals surface area contributed by atoms with E-state index in [9.17, 15) is 14.0 Å². The summed E-state index contributed by atoms with van der Waals surface area (Å²) in [6, 6.07) is 6.08. The van der Waals surface area contributed by atoms with E-state index in [1.54, 1.807) is 24.0 Å². The minimum absolute atomic E-state index is 0.0564. The molecule has 2 aromatic rings. The largest absolute Gasteiger partial charge is 0.370 e. The van der Waals surface area contributed by atoms with E-state index in [0.29, 0.717) is 31.0 Å². The average Bonchev–Trinajstić information content (AvgIpc) is 2.87. The van der Waals surface area contributed by atoms with Gasteiger partial charge in [-0.05, 0) is 24.6 Å². The lowest BCUT2D eigenvalue weighted by atomic mass is 10.1. The molecule has 0 aliphatic carbocycles. The summed E-state index contributed by atoms with van der Waals surface area (Å²) < 4.78 is 18.7. The number of nitrogens with zero attached hydrogens (tertiary/aromatic N) is 1. The van der Waals surface area contributed by atoms with E-state index in [1.807, 2.05) is 0 Å². The molecule has 1 amide bonds. The molecule has 1 aromatic carbocycles. The van der Waals surface area contributed by atoms with Crippen LogP contribution in [-0.2, 0) is 16.0 Å². The molecule has 1 atom stereocenters. The molecule has 1 saturated heterocycles. The third-order valence-electron chi connectivity index (χ3n) is 4.08. The molecule has 122 valence electrons. The highest BCUT2D eigenvalue weighted by atomic mass is 19.1. The fourth-order valence-electron chi connectivity index (χ4n) is 2.70. The van der Waals surface area contributed by atoms with Gasteiger partial charge in [-0.2, -0.15) is 0 Å². The molecule has 1 fully saturated rings. The maximum Gasteiger partial charge on any atom is 0.267 e. The predicted molar refractivity (Wildman–Crippen MR) is 81.5 cm³/mol. The quantitative estimate of drug-likeness (QED) is 0.895. The van der Waals surface area contributed by atoms with Crippen LogP contribution in [0.25, 0.3) is 0 Å². The number of nitrogens with one attached hydrogen (secondary N) is 2. The van der Waals surface area contributed by atoms with Gasteiger partial charge in [0.2, 0.25) is 5.91 Å². The lowest BCUT2D eigenvalue weighted by molar-refractivity contribution is -0.138. The fourth-order valence-corrected chi connectivity index (χ4v) is 2.70. The average molecular weight is 319 g/mol. The van der Waals surface area contributed by atoms with Crippen molar-refractivity contribution in [1.82, 2.24) is 15.1 Å². The zero-order chi connectivity index (χ0) is 16.4. The first kappa shape index (κ1) is 15.5. The van der Waals surface area contributed by atoms with Crippen LogP contribution >= 0.6 is 0 Å². The van der Waals surface area contributed by atoms with Gasteiger partial charge in [0, 0.05) is 17.8 Å². The molecule has 2 N–H and O–H groups in total. The maximum absolute atomic E-state index is 13.0. The highest BCUT2D eigenvalue weighted by molar-refractivity contribution is 5.79. The van der Waals surface area contributed by atoms with E-state index >= 15 is 0 Å². The number of benzene rings is 1. The molecule has 0 saturated carbocycles. The Labute approximate surface area is 132 Å². The molecule has 1 aliphatic heterocycles. The lowest BCUT2D eigenvalue weighted by Gasteiger charge is -2.33. The number of morpholine rings is 1. The Morgan fingerprint density at radius 3 is 2.74 bits per heavy atom. The number of aromatic amines is 2. The lowest BCUT2D eigenvalue weighted by Crippen LogP contribution is -2.43. The number of aromatic nitrogens is 2. The number of H-pyrrole nitrogens is 2. The van der Waals surface area contributed by atoms with Crippen LogP contribution in [0, 0.1) is 12.7 Å². The van der Waals surface area contributed by atoms with Crippen LogP contribution in [0.5, 0.6) is 0 Å². The Morgan fingerprint density at radius 2 is 2.09 bits per heavy atom. The van der Waals surface area contributed by atoms with Crippen LogP contribution in [0.15, 0.2) is 29.1 Å². The highest BCUT2D eigenvalue weighted by Crippen LogP contribution is 2.23. The number of ether oxygens (including phenoxy) is 1. The molecular formula is C16H18FN3O3. The summed E-state index contributed by atoms with van der Waals surface area (Å²) in [5, 5.41) is 5.19. The van der Waals surface area contributed by atoms with Crippen molar-refractivity contribution in [2.24, 2.45) is 0 Å². The summed E-state index contributed by atoms with van der Waals surface area (Å²) in [4.78, 5) is 25.8. The monoisotopic (exact) mass is 319 g/mol. The van der Waals surface area contributed by atoms with E-state index in [4.69, 9.17) is 4.74 Å². The van der Waals surface area contributed by atoms with Gasteiger partial charge in [0.15, 0.2) is 0 Å². The summed E-state index contributed by atoms with van der Waals surface area (Å²) >= 11 is 0. The Hall–Kier alpha value is -2.41. The first-order chi connectivity index (χ1) is 11.0. The number of carbonyl (C=O) groups is 1. The van der Waals surface area contributed by atoms with E-state index < -0.39 is 0 Å². The van der Waals surface area contributed by atoms with Gasteiger partial charge in [-0.1, -0.05) is 12.1 Å². The van der Waals surface area contributed by atoms with Gasteiger partial charge in [-0.15, -0.1) is 0 Å². The van der Waals surface area contributed by atoms with E-state index in [-0.39, 0.29) is 29.8 Å². The third kappa shape index (κ3) is 3.34. The van der Waals surface area contributed by atoms with E-state index in [1.165, 1.54) is 12.1 Å². The molecule has 0 radical (unpaired) electrons. The molecule has 7 heteroatoms. The van der Waals surface area contributed by atoms with E-state index in [0.717, 1.165) is 5.56 Å². The molecule has 2 heterocycles. The smallest absolute Gasteiger partial charge is 0.267 e. The number of hydrogen-bond acceptors (Lipinski definition) is 3. The first-order valence-electron chi connectivity index (χ1n) is 7.45. The Balaban J connectivity index is 1.69. The molecule has 1 aliphatic rings. The predicted octanol–water partition coefficient (Wildman–Crippen LogP) is 1.29. The normalized spacial score (nSPS) is 18.2. The molecule has 6 nitrogen and oxygen atoms in total. The van der Waals surface area contributed by atoms with Crippen molar-refractivity contribution in [3.05, 3.63) is 57.3 Å². The zero-order valence-corrected chi connectivity index (χ0v) is 12.8. The van der Waals surface area contributed by atoms with E-state index in [2.05, 4.69) is 10.2 Å². The Kier molecular flexibility index (Phi) is 4.29. The number of hydrogen-bond donors (Lipinski definition) is 2. The molecule has 0 unspecified atom stereocenters. The van der Waals surface area contributed by atoms with Crippen molar-refractivity contribution < 1.29 is 13.9 Å². The summed E-state index contributed by atoms with van der Waals surface area (Å²) in [6.07, 6.45) is -0.222. The highest BCUT2D eigenvalue weighted by Gasteiger charge is 2.26. The number of amides is 1. The van der Waals surface area contributed by atoms with Gasteiger partial charge in [0.1, 0.15) is 11.9 Å². The zero-order valence-electron chi connectivity index (χ0n) is 12.8. The molecule has 23 heavy (non-hydrogen) atoms. The van der Waals surface area contributed by atoms with Crippen LogP contribution < -0.4 is 5.56 Å². The number of carbonyl (C=O) groups excluding carboxylic acids is 1. The summed E-state index contributed by atoms with van der Waals surface area (Å²) in [6.45, 7) is 3.04. The Morgan fingerprint density at radius 1 is 1.35 bits per heavy atom. The second-order valence-electron chi connectivity index (χ2n) is 5.61. The topological polar surface area (TPSA) is 78.2 Å². The molecule has 0 bridgehead atoms. The maximum atomic E-state index is 13.0. The molecular weight excluding hydrogens is 301 g/mol. The van der Waals surface area contributed by atoms with Gasteiger partial charge in [0.05, 0.1) is 19.6 Å². The molecule has 1 aromatic heterocycles. The standard InChI is InChI=1S/C16H18FN3O3/c1-10-13(16(22)19-18-10)8-15(21)20-6-7-23-14(9-20)11-2-4-12(17)5-3-11/h2-5,14H,6-9H2,1H3,(H2,18,19,22)/t14-/m1/s1. The van der Waals surface area contributed by atoms with Crippen LogP contribution in [0.4, 0.5) is 4.39 Å². The van der Waals surface area contributed by atoms with Gasteiger partial charge >= 0.3 is 0 Å². The first-order valence-corrected chi connectivity index (χ1v) is 7.45. The van der Waals surface area contributed by atoms with Crippen LogP contribution in [0.3, 0.4) is 0 Å². The van der Waals surface area contributed by atoms with Crippen molar-refractivity contribution >= 4 is 5.91 Å². The minimum Gasteiger partial charge on any atom is -0.370 e. The Bertz CT molecular complexity index is 751. The third-order valence-corrected chi connectivity index (χ3v) is 4.08. The van der Waals surface area contributed by atoms with Crippen LogP contribution in [0.2, 0.25) is 0 Å². The van der Waals surface area contributed by atoms with Crippen LogP contribution in [0.1, 0.15) is 22.9 Å². The molecule has 0 spiro atoms. The number of rotatable bonds is 3. The van der Waals surface area contributed by atoms with Crippen molar-refractivity contribution in [2.75, 3.05) is 19.7 Å². The summed E-state index contributed by atoms with van der Waals surface area (Å²) in [5.41, 5.74) is 1.70. The number of halogens is 1. The summed E-state index contributed by atoms with van der Waals surface area (Å²) in [7, 11) is 0. The van der Waals surface area contributed by atoms with Crippen molar-refractivity contribution in [1.29, 1.82) is 0 Å². The second kappa shape index (κ2) is 6.37. The van der Waals surface area contributed by atoms with Crippen molar-refractivity contribution in [3.63, 3.8) is 0 Å². The second-order valence-corrected chi connectivity index (χ2v) is 5.61. The van der Waals surface area contributed by atoms with Gasteiger partial charge < -0.3 is 14.7 Å². The van der Waals surface area contributed by atoms with Gasteiger partial charge in [-0.25, -0.2) is 4.39 Å². The van der Waals surface area contributed by atoms with Gasteiger partial charge in [0.25, 0.3) is 5.56 Å². The van der Waals surface area contributed by atoms with Crippen molar-refractivity contribution in [2.45, 2.75) is 19.4 Å². The SMILES string of the molecule is Cc1[nH][nH]c(=O)c1CC(=O)N1CCO[C@@H](c2ccc(F)cc2)C1. The summed E-state index contributed by atoms with van der Waals surface area (Å²) in [5.74, 6) is -0.423. The number of aryl methyl sites for hydroxylation is 1. The van der Waals surface area contributed by atoms with Crippen molar-refractivity contribution in [3.8, 4) is 0 Å².